The Morgan fingerprint density at radius 3 is 2.82 bits per heavy atom. The molecule has 168 valence electrons. The summed E-state index contributed by atoms with van der Waals surface area (Å²) in [4.78, 5) is 26.8. The molecule has 33 heavy (non-hydrogen) atoms. The lowest BCUT2D eigenvalue weighted by Gasteiger charge is -2.06. The quantitative estimate of drug-likeness (QED) is 0.296. The number of rotatable bonds is 8. The number of hydrogen-bond acceptors (Lipinski definition) is 7. The molecule has 0 radical (unpaired) electrons. The van der Waals surface area contributed by atoms with Gasteiger partial charge < -0.3 is 9.15 Å². The van der Waals surface area contributed by atoms with Crippen LogP contribution in [-0.2, 0) is 13.2 Å². The third-order valence-electron chi connectivity index (χ3n) is 4.74. The highest BCUT2D eigenvalue weighted by molar-refractivity contribution is 6.32. The molecule has 10 nitrogen and oxygen atoms in total. The maximum atomic E-state index is 12.5. The van der Waals surface area contributed by atoms with Gasteiger partial charge in [-0.25, -0.2) is 9.67 Å². The first-order valence-corrected chi connectivity index (χ1v) is 10.2. The molecule has 0 unspecified atom stereocenters. The van der Waals surface area contributed by atoms with Gasteiger partial charge in [0.25, 0.3) is 11.6 Å². The molecule has 0 fully saturated rings. The predicted molar refractivity (Wildman–Crippen MR) is 119 cm³/mol. The lowest BCUT2D eigenvalue weighted by molar-refractivity contribution is -0.384. The lowest BCUT2D eigenvalue weighted by atomic mass is 10.1. The van der Waals surface area contributed by atoms with E-state index >= 15 is 0 Å². The van der Waals surface area contributed by atoms with Gasteiger partial charge in [-0.05, 0) is 36.2 Å². The van der Waals surface area contributed by atoms with Crippen molar-refractivity contribution in [2.45, 2.75) is 20.1 Å². The second-order valence-electron chi connectivity index (χ2n) is 7.07. The summed E-state index contributed by atoms with van der Waals surface area (Å²) in [6.07, 6.45) is 1.54. The van der Waals surface area contributed by atoms with Gasteiger partial charge in [-0.1, -0.05) is 35.9 Å². The van der Waals surface area contributed by atoms with Crippen molar-refractivity contribution in [1.82, 2.24) is 14.8 Å². The number of hydrogen-bond donors (Lipinski definition) is 1. The molecule has 2 heterocycles. The van der Waals surface area contributed by atoms with Crippen molar-refractivity contribution in [3.8, 4) is 5.75 Å². The van der Waals surface area contributed by atoms with E-state index in [0.717, 1.165) is 11.1 Å². The van der Waals surface area contributed by atoms with Gasteiger partial charge in [0.05, 0.1) is 16.5 Å². The number of non-ortho nitro benzene ring substituents is 1. The van der Waals surface area contributed by atoms with E-state index in [2.05, 4.69) is 15.4 Å². The van der Waals surface area contributed by atoms with E-state index < -0.39 is 10.8 Å². The molecule has 0 bridgehead atoms. The van der Waals surface area contributed by atoms with E-state index in [9.17, 15) is 14.9 Å². The predicted octanol–water partition coefficient (Wildman–Crippen LogP) is 4.62. The standard InChI is InChI=1S/C22H18ClN5O5/c1-14-4-2-3-5-15(14)11-27-13-24-22(26-27)25-21(29)20-9-7-17(33-20)12-32-19-8-6-16(28(30)31)10-18(19)23/h2-10,13H,11-12H2,1H3,(H,25,26,29). The number of benzene rings is 2. The smallest absolute Gasteiger partial charge is 0.293 e. The first-order valence-electron chi connectivity index (χ1n) is 9.80. The average molecular weight is 468 g/mol. The molecule has 1 N–H and O–H groups in total. The number of ether oxygens (including phenoxy) is 1. The Hall–Kier alpha value is -4.18. The SMILES string of the molecule is Cc1ccccc1Cn1cnc(NC(=O)c2ccc(COc3ccc([N+](=O)[O-])cc3Cl)o2)n1. The van der Waals surface area contributed by atoms with Crippen LogP contribution in [0.25, 0.3) is 0 Å². The van der Waals surface area contributed by atoms with Crippen LogP contribution in [0.15, 0.2) is 65.3 Å². The molecular weight excluding hydrogens is 450 g/mol. The fourth-order valence-corrected chi connectivity index (χ4v) is 3.23. The van der Waals surface area contributed by atoms with Crippen molar-refractivity contribution < 1.29 is 18.9 Å². The number of nitrogens with one attached hydrogen (secondary N) is 1. The summed E-state index contributed by atoms with van der Waals surface area (Å²) in [6.45, 7) is 2.53. The van der Waals surface area contributed by atoms with E-state index in [1.54, 1.807) is 10.7 Å². The lowest BCUT2D eigenvalue weighted by Crippen LogP contribution is -2.12. The number of anilines is 1. The van der Waals surface area contributed by atoms with Crippen LogP contribution in [0.3, 0.4) is 0 Å². The first kappa shape index (κ1) is 22.0. The van der Waals surface area contributed by atoms with Crippen LogP contribution >= 0.6 is 11.6 Å². The molecule has 11 heteroatoms. The van der Waals surface area contributed by atoms with Gasteiger partial charge in [0.1, 0.15) is 24.4 Å². The molecule has 0 saturated heterocycles. The van der Waals surface area contributed by atoms with Gasteiger partial charge in [0.2, 0.25) is 5.95 Å². The van der Waals surface area contributed by atoms with Gasteiger partial charge in [-0.3, -0.25) is 20.2 Å². The molecular formula is C22H18ClN5O5. The Bertz CT molecular complexity index is 1320. The third kappa shape index (κ3) is 5.36. The molecule has 2 aromatic carbocycles. The summed E-state index contributed by atoms with van der Waals surface area (Å²) in [5.41, 5.74) is 2.10. The van der Waals surface area contributed by atoms with Gasteiger partial charge >= 0.3 is 0 Å². The topological polar surface area (TPSA) is 125 Å². The van der Waals surface area contributed by atoms with Crippen molar-refractivity contribution in [3.63, 3.8) is 0 Å². The number of nitro benzene ring substituents is 1. The Labute approximate surface area is 192 Å². The molecule has 0 aliphatic heterocycles. The van der Waals surface area contributed by atoms with E-state index in [1.807, 2.05) is 31.2 Å². The second kappa shape index (κ2) is 9.53. The number of nitro groups is 1. The highest BCUT2D eigenvalue weighted by atomic mass is 35.5. The minimum absolute atomic E-state index is 0.0197. The van der Waals surface area contributed by atoms with E-state index in [0.29, 0.717) is 12.3 Å². The van der Waals surface area contributed by atoms with E-state index in [1.165, 1.54) is 30.6 Å². The number of nitrogens with zero attached hydrogens (tertiary/aromatic N) is 4. The van der Waals surface area contributed by atoms with Crippen molar-refractivity contribution >= 4 is 29.1 Å². The zero-order valence-corrected chi connectivity index (χ0v) is 18.2. The number of amides is 1. The Balaban J connectivity index is 1.34. The number of carbonyl (C=O) groups excluding carboxylic acids is 1. The zero-order valence-electron chi connectivity index (χ0n) is 17.4. The zero-order chi connectivity index (χ0) is 23.4. The summed E-state index contributed by atoms with van der Waals surface area (Å²) < 4.78 is 12.7. The summed E-state index contributed by atoms with van der Waals surface area (Å²) >= 11 is 6.01. The van der Waals surface area contributed by atoms with Crippen LogP contribution in [0.5, 0.6) is 5.75 Å². The number of aromatic nitrogens is 3. The van der Waals surface area contributed by atoms with Gasteiger partial charge in [-0.2, -0.15) is 0 Å². The van der Waals surface area contributed by atoms with Crippen LogP contribution < -0.4 is 10.1 Å². The maximum absolute atomic E-state index is 12.5. The molecule has 0 atom stereocenters. The van der Waals surface area contributed by atoms with Crippen LogP contribution in [0.4, 0.5) is 11.6 Å². The summed E-state index contributed by atoms with van der Waals surface area (Å²) in [5.74, 6) is 0.322. The van der Waals surface area contributed by atoms with Gasteiger partial charge in [0, 0.05) is 12.1 Å². The Morgan fingerprint density at radius 2 is 2.06 bits per heavy atom. The van der Waals surface area contributed by atoms with E-state index in [4.69, 9.17) is 20.8 Å². The summed E-state index contributed by atoms with van der Waals surface area (Å²) in [7, 11) is 0. The van der Waals surface area contributed by atoms with E-state index in [-0.39, 0.29) is 34.8 Å². The molecule has 4 aromatic rings. The van der Waals surface area contributed by atoms with Gasteiger partial charge in [-0.15, -0.1) is 5.10 Å². The average Bonchev–Trinajstić information content (AvgIpc) is 3.44. The van der Waals surface area contributed by atoms with Crippen LogP contribution in [-0.4, -0.2) is 25.6 Å². The van der Waals surface area contributed by atoms with Crippen molar-refractivity contribution in [2.24, 2.45) is 0 Å². The normalized spacial score (nSPS) is 10.7. The third-order valence-corrected chi connectivity index (χ3v) is 5.03. The Morgan fingerprint density at radius 1 is 1.24 bits per heavy atom. The Kier molecular flexibility index (Phi) is 6.36. The van der Waals surface area contributed by atoms with Crippen LogP contribution in [0.1, 0.15) is 27.4 Å². The fourth-order valence-electron chi connectivity index (χ4n) is 3.00. The van der Waals surface area contributed by atoms with Crippen molar-refractivity contribution in [1.29, 1.82) is 0 Å². The molecule has 0 saturated carbocycles. The highest BCUT2D eigenvalue weighted by Crippen LogP contribution is 2.29. The van der Waals surface area contributed by atoms with Crippen LogP contribution in [0, 0.1) is 17.0 Å². The number of furan rings is 1. The molecule has 1 amide bonds. The van der Waals surface area contributed by atoms with Crippen molar-refractivity contribution in [2.75, 3.05) is 5.32 Å². The molecule has 2 aromatic heterocycles. The monoisotopic (exact) mass is 467 g/mol. The number of aryl methyl sites for hydroxylation is 1. The van der Waals surface area contributed by atoms with Gasteiger partial charge in [0.15, 0.2) is 5.76 Å². The molecule has 0 spiro atoms. The molecule has 0 aliphatic rings. The largest absolute Gasteiger partial charge is 0.484 e. The summed E-state index contributed by atoms with van der Waals surface area (Å²) in [5, 5.41) is 17.7. The van der Waals surface area contributed by atoms with Crippen molar-refractivity contribution in [3.05, 3.63) is 98.7 Å². The number of carbonyl (C=O) groups is 1. The minimum Gasteiger partial charge on any atom is -0.484 e. The minimum atomic E-state index is -0.548. The van der Waals surface area contributed by atoms with Crippen LogP contribution in [0.2, 0.25) is 5.02 Å². The number of halogens is 1. The summed E-state index contributed by atoms with van der Waals surface area (Å²) in [6, 6.07) is 14.9. The first-order chi connectivity index (χ1) is 15.9. The maximum Gasteiger partial charge on any atom is 0.293 e. The second-order valence-corrected chi connectivity index (χ2v) is 7.48. The highest BCUT2D eigenvalue weighted by Gasteiger charge is 2.15. The molecule has 0 aliphatic carbocycles. The molecule has 4 rings (SSSR count). The fraction of sp³-hybridized carbons (Fsp3) is 0.136.